The molecule has 0 radical (unpaired) electrons. The summed E-state index contributed by atoms with van der Waals surface area (Å²) in [6.45, 7) is 0. The highest BCUT2D eigenvalue weighted by atomic mass is 15.0. The molecule has 0 bridgehead atoms. The Balaban J connectivity index is 1.74. The number of fused-ring (bicyclic) bond motifs is 15. The third-order valence-corrected chi connectivity index (χ3v) is 8.48. The van der Waals surface area contributed by atoms with Gasteiger partial charge in [-0.15, -0.1) is 0 Å². The van der Waals surface area contributed by atoms with Crippen LogP contribution < -0.4 is 0 Å². The summed E-state index contributed by atoms with van der Waals surface area (Å²) >= 11 is 0. The highest BCUT2D eigenvalue weighted by Crippen LogP contribution is 2.48. The smallest absolute Gasteiger partial charge is 0.0792 e. The van der Waals surface area contributed by atoms with Crippen molar-refractivity contribution in [1.82, 2.24) is 8.97 Å². The molecule has 8 aromatic rings. The summed E-state index contributed by atoms with van der Waals surface area (Å²) < 4.78 is 5.05. The van der Waals surface area contributed by atoms with Crippen molar-refractivity contribution in [3.8, 4) is 0 Å². The van der Waals surface area contributed by atoms with Crippen LogP contribution in [-0.4, -0.2) is 8.97 Å². The lowest BCUT2D eigenvalue weighted by Crippen LogP contribution is -1.98. The van der Waals surface area contributed by atoms with E-state index < -0.39 is 0 Å². The highest BCUT2D eigenvalue weighted by Gasteiger charge is 2.26. The van der Waals surface area contributed by atoms with Gasteiger partial charge in [-0.1, -0.05) is 84.9 Å². The van der Waals surface area contributed by atoms with Gasteiger partial charge in [0.1, 0.15) is 0 Å². The van der Waals surface area contributed by atoms with E-state index in [1.54, 1.807) is 0 Å². The van der Waals surface area contributed by atoms with Crippen molar-refractivity contribution in [2.45, 2.75) is 12.8 Å². The van der Waals surface area contributed by atoms with Crippen LogP contribution in [-0.2, 0) is 13.5 Å². The van der Waals surface area contributed by atoms with Crippen molar-refractivity contribution in [1.29, 1.82) is 0 Å². The number of aryl methyl sites for hydroxylation is 2. The summed E-state index contributed by atoms with van der Waals surface area (Å²) in [4.78, 5) is 0. The van der Waals surface area contributed by atoms with Crippen LogP contribution in [0.2, 0.25) is 0 Å². The molecule has 164 valence electrons. The van der Waals surface area contributed by atoms with Gasteiger partial charge in [-0.3, -0.25) is 0 Å². The van der Waals surface area contributed by atoms with Gasteiger partial charge in [0.2, 0.25) is 0 Å². The van der Waals surface area contributed by atoms with Gasteiger partial charge in [0.05, 0.1) is 22.1 Å². The molecule has 1 aliphatic carbocycles. The number of hydrogen-bond acceptors (Lipinski definition) is 0. The predicted molar refractivity (Wildman–Crippen MR) is 150 cm³/mol. The van der Waals surface area contributed by atoms with E-state index in [9.17, 15) is 0 Å². The third-order valence-electron chi connectivity index (χ3n) is 8.48. The quantitative estimate of drug-likeness (QED) is 0.221. The van der Waals surface area contributed by atoms with E-state index >= 15 is 0 Å². The van der Waals surface area contributed by atoms with Crippen LogP contribution >= 0.6 is 0 Å². The van der Waals surface area contributed by atoms with Crippen LogP contribution in [0, 0.1) is 0 Å². The van der Waals surface area contributed by atoms with E-state index in [4.69, 9.17) is 0 Å². The molecular formula is C33H22N2. The summed E-state index contributed by atoms with van der Waals surface area (Å²) in [5.74, 6) is 0. The second-order valence-electron chi connectivity index (χ2n) is 10.1. The van der Waals surface area contributed by atoms with Crippen LogP contribution in [0.15, 0.2) is 84.9 Å². The Bertz CT molecular complexity index is 2220. The second-order valence-corrected chi connectivity index (χ2v) is 10.1. The summed E-state index contributed by atoms with van der Waals surface area (Å²) in [5.41, 5.74) is 9.58. The maximum atomic E-state index is 2.63. The molecule has 0 spiro atoms. The molecule has 5 aromatic carbocycles. The molecule has 0 saturated carbocycles. The van der Waals surface area contributed by atoms with Crippen LogP contribution in [0.5, 0.6) is 0 Å². The topological polar surface area (TPSA) is 9.34 Å². The van der Waals surface area contributed by atoms with Gasteiger partial charge in [-0.2, -0.15) is 0 Å². The monoisotopic (exact) mass is 446 g/mol. The zero-order chi connectivity index (χ0) is 22.8. The van der Waals surface area contributed by atoms with Gasteiger partial charge in [0.15, 0.2) is 0 Å². The van der Waals surface area contributed by atoms with Crippen molar-refractivity contribution in [3.05, 3.63) is 96.1 Å². The van der Waals surface area contributed by atoms with E-state index in [0.29, 0.717) is 0 Å². The first-order valence-electron chi connectivity index (χ1n) is 12.5. The molecular weight excluding hydrogens is 424 g/mol. The molecule has 0 atom stereocenters. The highest BCUT2D eigenvalue weighted by molar-refractivity contribution is 6.38. The van der Waals surface area contributed by atoms with Gasteiger partial charge in [0, 0.05) is 44.9 Å². The molecule has 0 aliphatic heterocycles. The zero-order valence-corrected chi connectivity index (χ0v) is 19.5. The molecule has 0 N–H and O–H groups in total. The van der Waals surface area contributed by atoms with Crippen LogP contribution in [0.3, 0.4) is 0 Å². The second kappa shape index (κ2) is 6.03. The number of nitrogens with zero attached hydrogens (tertiary/aromatic N) is 2. The fourth-order valence-electron chi connectivity index (χ4n) is 7.12. The Labute approximate surface area is 201 Å². The van der Waals surface area contributed by atoms with Gasteiger partial charge in [-0.05, 0) is 40.8 Å². The number of para-hydroxylation sites is 2. The van der Waals surface area contributed by atoms with Crippen LogP contribution in [0.1, 0.15) is 17.5 Å². The molecule has 3 aromatic heterocycles. The van der Waals surface area contributed by atoms with Crippen LogP contribution in [0.25, 0.3) is 76.7 Å². The predicted octanol–water partition coefficient (Wildman–Crippen LogP) is 8.59. The minimum atomic E-state index is 1.09. The SMILES string of the molecule is Cn1c2ccccc2c2c3ccccc3c3c4cccc5c6ccc7c(c6n(c54)c3c21)CCC=C7. The van der Waals surface area contributed by atoms with Crippen molar-refractivity contribution in [2.24, 2.45) is 7.05 Å². The molecule has 35 heavy (non-hydrogen) atoms. The fraction of sp³-hybridized carbons (Fsp3) is 0.0909. The van der Waals surface area contributed by atoms with Gasteiger partial charge in [0.25, 0.3) is 0 Å². The Morgan fingerprint density at radius 2 is 1.26 bits per heavy atom. The summed E-state index contributed by atoms with van der Waals surface area (Å²) in [6.07, 6.45) is 6.83. The standard InChI is InChI=1S/C33H22N2/c1-34-27-16-7-6-13-25(27)28-21-11-4-5-12-22(21)29-26-15-8-14-23-24-18-17-19-9-2-3-10-20(19)30(24)35(31(23)26)33(29)32(28)34/h2,4-9,11-18H,3,10H2,1H3. The number of aromatic nitrogens is 2. The minimum Gasteiger partial charge on any atom is -0.342 e. The summed E-state index contributed by atoms with van der Waals surface area (Å²) in [6, 6.07) is 29.4. The molecule has 1 aliphatic rings. The lowest BCUT2D eigenvalue weighted by atomic mass is 9.94. The Morgan fingerprint density at radius 3 is 2.11 bits per heavy atom. The van der Waals surface area contributed by atoms with Crippen LogP contribution in [0.4, 0.5) is 0 Å². The van der Waals surface area contributed by atoms with Crippen molar-refractivity contribution >= 4 is 76.7 Å². The number of hydrogen-bond donors (Lipinski definition) is 0. The minimum absolute atomic E-state index is 1.09. The first-order chi connectivity index (χ1) is 17.3. The average Bonchev–Trinajstić information content (AvgIpc) is 3.54. The average molecular weight is 447 g/mol. The molecule has 0 amide bonds. The third kappa shape index (κ3) is 1.96. The molecule has 0 fully saturated rings. The molecule has 3 heterocycles. The van der Waals surface area contributed by atoms with Gasteiger partial charge < -0.3 is 8.97 Å². The fourth-order valence-corrected chi connectivity index (χ4v) is 7.12. The zero-order valence-electron chi connectivity index (χ0n) is 19.5. The maximum Gasteiger partial charge on any atom is 0.0792 e. The molecule has 2 heteroatoms. The van der Waals surface area contributed by atoms with Gasteiger partial charge in [-0.25, -0.2) is 0 Å². The first kappa shape index (κ1) is 18.1. The molecule has 2 nitrogen and oxygen atoms in total. The Kier molecular flexibility index (Phi) is 3.11. The van der Waals surface area contributed by atoms with E-state index in [2.05, 4.69) is 107 Å². The van der Waals surface area contributed by atoms with Crippen molar-refractivity contribution < 1.29 is 0 Å². The normalized spacial score (nSPS) is 14.1. The largest absolute Gasteiger partial charge is 0.342 e. The lowest BCUT2D eigenvalue weighted by Gasteiger charge is -2.13. The number of rotatable bonds is 0. The number of benzene rings is 5. The van der Waals surface area contributed by atoms with E-state index in [-0.39, 0.29) is 0 Å². The summed E-state index contributed by atoms with van der Waals surface area (Å²) in [7, 11) is 2.24. The van der Waals surface area contributed by atoms with E-state index in [0.717, 1.165) is 12.8 Å². The van der Waals surface area contributed by atoms with E-state index in [1.165, 1.54) is 81.8 Å². The van der Waals surface area contributed by atoms with Crippen molar-refractivity contribution in [2.75, 3.05) is 0 Å². The molecule has 9 rings (SSSR count). The van der Waals surface area contributed by atoms with Gasteiger partial charge >= 0.3 is 0 Å². The van der Waals surface area contributed by atoms with E-state index in [1.807, 2.05) is 0 Å². The molecule has 0 unspecified atom stereocenters. The number of allylic oxidation sites excluding steroid dienone is 1. The molecule has 0 saturated heterocycles. The van der Waals surface area contributed by atoms with Crippen molar-refractivity contribution in [3.63, 3.8) is 0 Å². The Hall–Kier alpha value is -4.30. The lowest BCUT2D eigenvalue weighted by molar-refractivity contribution is 0.990. The summed E-state index contributed by atoms with van der Waals surface area (Å²) in [5, 5.41) is 10.9. The first-order valence-corrected chi connectivity index (χ1v) is 12.5. The Morgan fingerprint density at radius 1 is 0.571 bits per heavy atom. The maximum absolute atomic E-state index is 2.63.